The van der Waals surface area contributed by atoms with Crippen molar-refractivity contribution in [3.8, 4) is 11.3 Å². The largest absolute Gasteiger partial charge is 0.306 e. The fourth-order valence-corrected chi connectivity index (χ4v) is 4.45. The Morgan fingerprint density at radius 1 is 1.22 bits per heavy atom. The first-order valence-electron chi connectivity index (χ1n) is 8.75. The smallest absolute Gasteiger partial charge is 0.236 e. The van der Waals surface area contributed by atoms with E-state index >= 15 is 0 Å². The van der Waals surface area contributed by atoms with Gasteiger partial charge < -0.3 is 9.88 Å². The highest BCUT2D eigenvalue weighted by molar-refractivity contribution is 7.99. The summed E-state index contributed by atoms with van der Waals surface area (Å²) in [5.41, 5.74) is 1.53. The summed E-state index contributed by atoms with van der Waals surface area (Å²) in [5.74, 6) is 0.847. The number of amides is 1. The second kappa shape index (κ2) is 8.18. The quantitative estimate of drug-likeness (QED) is 0.652. The third-order valence-corrected chi connectivity index (χ3v) is 6.02. The lowest BCUT2D eigenvalue weighted by Gasteiger charge is -2.06. The highest BCUT2D eigenvalue weighted by atomic mass is 32.2. The first kappa shape index (κ1) is 18.1. The fourth-order valence-electron chi connectivity index (χ4n) is 2.93. The second-order valence-corrected chi connectivity index (χ2v) is 8.04. The van der Waals surface area contributed by atoms with Gasteiger partial charge >= 0.3 is 0 Å². The minimum absolute atomic E-state index is 0.133. The van der Waals surface area contributed by atoms with Crippen molar-refractivity contribution in [2.45, 2.75) is 37.4 Å². The summed E-state index contributed by atoms with van der Waals surface area (Å²) in [4.78, 5) is 16.7. The maximum absolute atomic E-state index is 13.0. The molecule has 0 saturated heterocycles. The Labute approximate surface area is 164 Å². The van der Waals surface area contributed by atoms with Gasteiger partial charge in [-0.15, -0.1) is 21.5 Å². The van der Waals surface area contributed by atoms with Crippen molar-refractivity contribution in [3.05, 3.63) is 41.3 Å². The van der Waals surface area contributed by atoms with Crippen LogP contribution in [0.2, 0.25) is 0 Å². The molecule has 1 amide bonds. The number of benzene rings is 1. The van der Waals surface area contributed by atoms with Crippen LogP contribution >= 0.6 is 23.1 Å². The average molecular weight is 404 g/mol. The van der Waals surface area contributed by atoms with Gasteiger partial charge in [0, 0.05) is 23.9 Å². The summed E-state index contributed by atoms with van der Waals surface area (Å²) in [5, 5.41) is 14.4. The zero-order valence-corrected chi connectivity index (χ0v) is 16.2. The minimum Gasteiger partial charge on any atom is -0.306 e. The Balaban J connectivity index is 1.35. The van der Waals surface area contributed by atoms with E-state index in [2.05, 4.69) is 25.1 Å². The number of hydrogen-bond acceptors (Lipinski definition) is 6. The van der Waals surface area contributed by atoms with Crippen LogP contribution < -0.4 is 5.32 Å². The maximum Gasteiger partial charge on any atom is 0.236 e. The van der Waals surface area contributed by atoms with Crippen LogP contribution in [-0.2, 0) is 17.8 Å². The zero-order chi connectivity index (χ0) is 18.6. The summed E-state index contributed by atoms with van der Waals surface area (Å²) >= 11 is 2.74. The molecule has 3 aromatic rings. The van der Waals surface area contributed by atoms with Crippen molar-refractivity contribution < 1.29 is 9.18 Å². The van der Waals surface area contributed by atoms with Crippen LogP contribution in [0.15, 0.2) is 34.8 Å². The Morgan fingerprint density at radius 2 is 2.07 bits per heavy atom. The summed E-state index contributed by atoms with van der Waals surface area (Å²) in [6.45, 7) is 0.916. The molecule has 0 fully saturated rings. The third-order valence-electron chi connectivity index (χ3n) is 4.30. The van der Waals surface area contributed by atoms with E-state index in [0.717, 1.165) is 42.4 Å². The van der Waals surface area contributed by atoms with Crippen LogP contribution in [0.3, 0.4) is 0 Å². The van der Waals surface area contributed by atoms with Gasteiger partial charge in [-0.3, -0.25) is 4.79 Å². The standard InChI is InChI=1S/C18H18FN5OS2/c19-13-7-5-12(6-8-13)14-10-26-17(20-14)21-16(25)11-27-18-23-22-15-4-2-1-3-9-24(15)18/h5-8,10H,1-4,9,11H2,(H,20,21,25). The molecule has 0 saturated carbocycles. The van der Waals surface area contributed by atoms with Gasteiger partial charge in [0.1, 0.15) is 11.6 Å². The first-order chi connectivity index (χ1) is 13.2. The number of thiazole rings is 1. The summed E-state index contributed by atoms with van der Waals surface area (Å²) in [6, 6.07) is 6.13. The van der Waals surface area contributed by atoms with Gasteiger partial charge in [0.2, 0.25) is 5.91 Å². The van der Waals surface area contributed by atoms with Crippen LogP contribution in [0.4, 0.5) is 9.52 Å². The average Bonchev–Trinajstić information content (AvgIpc) is 3.21. The van der Waals surface area contributed by atoms with Crippen molar-refractivity contribution in [2.75, 3.05) is 11.1 Å². The van der Waals surface area contributed by atoms with Gasteiger partial charge in [0.25, 0.3) is 0 Å². The molecule has 1 aliphatic heterocycles. The first-order valence-corrected chi connectivity index (χ1v) is 10.6. The molecular formula is C18H18FN5OS2. The molecule has 27 heavy (non-hydrogen) atoms. The SMILES string of the molecule is O=C(CSc1nnc2n1CCCCC2)Nc1nc(-c2ccc(F)cc2)cs1. The minimum atomic E-state index is -0.286. The molecule has 1 aromatic carbocycles. The normalized spacial score (nSPS) is 13.8. The van der Waals surface area contributed by atoms with Crippen molar-refractivity contribution in [1.29, 1.82) is 0 Å². The number of fused-ring (bicyclic) bond motifs is 1. The number of thioether (sulfide) groups is 1. The van der Waals surface area contributed by atoms with Crippen LogP contribution in [-0.4, -0.2) is 31.4 Å². The highest BCUT2D eigenvalue weighted by Gasteiger charge is 2.16. The number of aromatic nitrogens is 4. The molecule has 9 heteroatoms. The Morgan fingerprint density at radius 3 is 2.93 bits per heavy atom. The van der Waals surface area contributed by atoms with Crippen molar-refractivity contribution in [3.63, 3.8) is 0 Å². The number of nitrogens with zero attached hydrogens (tertiary/aromatic N) is 4. The molecule has 140 valence electrons. The predicted molar refractivity (Wildman–Crippen MR) is 104 cm³/mol. The van der Waals surface area contributed by atoms with E-state index in [0.29, 0.717) is 10.8 Å². The molecule has 0 spiro atoms. The van der Waals surface area contributed by atoms with E-state index in [9.17, 15) is 9.18 Å². The maximum atomic E-state index is 13.0. The number of carbonyl (C=O) groups is 1. The van der Waals surface area contributed by atoms with E-state index in [1.165, 1.54) is 41.7 Å². The highest BCUT2D eigenvalue weighted by Crippen LogP contribution is 2.26. The number of aryl methyl sites for hydroxylation is 1. The number of rotatable bonds is 5. The number of carbonyl (C=O) groups excluding carboxylic acids is 1. The lowest BCUT2D eigenvalue weighted by Crippen LogP contribution is -2.14. The lowest BCUT2D eigenvalue weighted by molar-refractivity contribution is -0.113. The van der Waals surface area contributed by atoms with Crippen LogP contribution in [0.1, 0.15) is 25.1 Å². The lowest BCUT2D eigenvalue weighted by atomic mass is 10.2. The Kier molecular flexibility index (Phi) is 5.49. The molecule has 0 aliphatic carbocycles. The van der Waals surface area contributed by atoms with Gasteiger partial charge in [-0.25, -0.2) is 9.37 Å². The Bertz CT molecular complexity index is 938. The summed E-state index contributed by atoms with van der Waals surface area (Å²) in [7, 11) is 0. The molecule has 2 aromatic heterocycles. The van der Waals surface area contributed by atoms with Crippen molar-refractivity contribution in [1.82, 2.24) is 19.7 Å². The van der Waals surface area contributed by atoms with Crippen molar-refractivity contribution >= 4 is 34.1 Å². The van der Waals surface area contributed by atoms with Gasteiger partial charge in [0.05, 0.1) is 11.4 Å². The summed E-state index contributed by atoms with van der Waals surface area (Å²) in [6.07, 6.45) is 4.42. The Hall–Kier alpha value is -2.26. The van der Waals surface area contributed by atoms with Gasteiger partial charge in [0.15, 0.2) is 10.3 Å². The number of halogens is 1. The second-order valence-electron chi connectivity index (χ2n) is 6.24. The zero-order valence-electron chi connectivity index (χ0n) is 14.5. The van der Waals surface area contributed by atoms with E-state index in [1.807, 2.05) is 5.38 Å². The van der Waals surface area contributed by atoms with E-state index in [1.54, 1.807) is 12.1 Å². The monoisotopic (exact) mass is 403 g/mol. The van der Waals surface area contributed by atoms with Crippen LogP contribution in [0.25, 0.3) is 11.3 Å². The molecule has 0 bridgehead atoms. The predicted octanol–water partition coefficient (Wildman–Crippen LogP) is 4.00. The molecule has 1 N–H and O–H groups in total. The molecule has 3 heterocycles. The van der Waals surface area contributed by atoms with E-state index in [-0.39, 0.29) is 17.5 Å². The number of anilines is 1. The van der Waals surface area contributed by atoms with Crippen molar-refractivity contribution in [2.24, 2.45) is 0 Å². The van der Waals surface area contributed by atoms with Gasteiger partial charge in [-0.05, 0) is 37.1 Å². The third kappa shape index (κ3) is 4.36. The molecule has 1 aliphatic rings. The molecule has 4 rings (SSSR count). The van der Waals surface area contributed by atoms with E-state index < -0.39 is 0 Å². The van der Waals surface area contributed by atoms with Gasteiger partial charge in [-0.2, -0.15) is 0 Å². The van der Waals surface area contributed by atoms with Crippen LogP contribution in [0, 0.1) is 5.82 Å². The molecule has 6 nitrogen and oxygen atoms in total. The van der Waals surface area contributed by atoms with E-state index in [4.69, 9.17) is 0 Å². The molecule has 0 radical (unpaired) electrons. The van der Waals surface area contributed by atoms with Crippen LogP contribution in [0.5, 0.6) is 0 Å². The van der Waals surface area contributed by atoms with Gasteiger partial charge in [-0.1, -0.05) is 18.2 Å². The fraction of sp³-hybridized carbons (Fsp3) is 0.333. The topological polar surface area (TPSA) is 72.7 Å². The molecule has 0 unspecified atom stereocenters. The molecular weight excluding hydrogens is 385 g/mol. The number of nitrogens with one attached hydrogen (secondary N) is 1. The molecule has 0 atom stereocenters. The number of hydrogen-bond donors (Lipinski definition) is 1. The summed E-state index contributed by atoms with van der Waals surface area (Å²) < 4.78 is 15.1.